The van der Waals surface area contributed by atoms with E-state index in [-0.39, 0.29) is 15.7 Å². The summed E-state index contributed by atoms with van der Waals surface area (Å²) >= 11 is 5.86. The largest absolute Gasteiger partial charge is 0.283 e. The van der Waals surface area contributed by atoms with Gasteiger partial charge in [0.2, 0.25) is 0 Å². The molecule has 0 saturated carbocycles. The first-order chi connectivity index (χ1) is 9.75. The number of hydrogen-bond donors (Lipinski definition) is 0. The van der Waals surface area contributed by atoms with E-state index in [4.69, 9.17) is 16.9 Å². The van der Waals surface area contributed by atoms with Gasteiger partial charge < -0.3 is 0 Å². The molecule has 21 heavy (non-hydrogen) atoms. The Bertz CT molecular complexity index is 823. The van der Waals surface area contributed by atoms with Crippen LogP contribution >= 0.6 is 11.6 Å². The molecule has 110 valence electrons. The maximum atomic E-state index is 12.8. The first-order valence-electron chi connectivity index (χ1n) is 5.53. The number of aromatic nitrogens is 2. The molecular weight excluding hydrogens is 324 g/mol. The van der Waals surface area contributed by atoms with Gasteiger partial charge >= 0.3 is 0 Å². The first-order valence-corrected chi connectivity index (χ1v) is 7.79. The summed E-state index contributed by atoms with van der Waals surface area (Å²) in [5.41, 5.74) is -0.843. The normalized spacial score (nSPS) is 11.6. The number of hydrogen-bond acceptors (Lipinski definition) is 4. The summed E-state index contributed by atoms with van der Waals surface area (Å²) in [5, 5.41) is 12.2. The fourth-order valence-electron chi connectivity index (χ4n) is 1.67. The Morgan fingerprint density at radius 1 is 1.33 bits per heavy atom. The number of nitrogens with zero attached hydrogens (tertiary/aromatic N) is 3. The van der Waals surface area contributed by atoms with Crippen molar-refractivity contribution in [2.24, 2.45) is 0 Å². The summed E-state index contributed by atoms with van der Waals surface area (Å²) in [6.45, 7) is 0. The maximum absolute atomic E-state index is 12.8. The summed E-state index contributed by atoms with van der Waals surface area (Å²) in [6.07, 6.45) is -1.89. The Kier molecular flexibility index (Phi) is 3.98. The quantitative estimate of drug-likeness (QED) is 0.866. The van der Waals surface area contributed by atoms with Crippen molar-refractivity contribution in [2.75, 3.05) is 6.26 Å². The van der Waals surface area contributed by atoms with Gasteiger partial charge in [-0.1, -0.05) is 11.6 Å². The summed E-state index contributed by atoms with van der Waals surface area (Å²) in [4.78, 5) is 0.0733. The molecular formula is C12H8ClF2N3O2S. The number of nitriles is 1. The summed E-state index contributed by atoms with van der Waals surface area (Å²) in [5.74, 6) is 0. The van der Waals surface area contributed by atoms with Crippen molar-refractivity contribution < 1.29 is 17.2 Å². The fourth-order valence-corrected chi connectivity index (χ4v) is 2.58. The third-order valence-corrected chi connectivity index (χ3v) is 4.16. The number of sulfone groups is 1. The van der Waals surface area contributed by atoms with E-state index in [2.05, 4.69) is 5.10 Å². The minimum atomic E-state index is -3.37. The van der Waals surface area contributed by atoms with Crippen LogP contribution in [0.5, 0.6) is 0 Å². The van der Waals surface area contributed by atoms with E-state index in [1.54, 1.807) is 6.07 Å². The Balaban J connectivity index is 2.56. The van der Waals surface area contributed by atoms with Gasteiger partial charge in [0.05, 0.1) is 10.6 Å². The molecule has 2 rings (SSSR count). The van der Waals surface area contributed by atoms with Gasteiger partial charge in [-0.25, -0.2) is 21.9 Å². The highest BCUT2D eigenvalue weighted by Crippen LogP contribution is 2.29. The fraction of sp³-hybridized carbons (Fsp3) is 0.167. The van der Waals surface area contributed by atoms with Crippen LogP contribution in [0.2, 0.25) is 5.15 Å². The van der Waals surface area contributed by atoms with E-state index in [0.717, 1.165) is 10.9 Å². The monoisotopic (exact) mass is 331 g/mol. The molecule has 0 saturated heterocycles. The van der Waals surface area contributed by atoms with Gasteiger partial charge in [0, 0.05) is 6.26 Å². The third kappa shape index (κ3) is 2.89. The standard InChI is InChI=1S/C12H8ClF2N3O2S/c1-21(19,20)8-4-2-7(3-5-8)18-11(13)9(6-16)10(17-18)12(14)15/h2-5,12H,1H3. The van der Waals surface area contributed by atoms with Crippen LogP contribution in [0.4, 0.5) is 8.78 Å². The summed E-state index contributed by atoms with van der Waals surface area (Å²) in [7, 11) is -3.37. The molecule has 1 aromatic carbocycles. The zero-order valence-corrected chi connectivity index (χ0v) is 12.2. The lowest BCUT2D eigenvalue weighted by atomic mass is 10.3. The molecule has 1 heterocycles. The molecule has 0 unspecified atom stereocenters. The highest BCUT2D eigenvalue weighted by molar-refractivity contribution is 7.90. The van der Waals surface area contributed by atoms with Crippen molar-refractivity contribution in [1.82, 2.24) is 9.78 Å². The summed E-state index contributed by atoms with van der Waals surface area (Å²) < 4.78 is 49.2. The summed E-state index contributed by atoms with van der Waals surface area (Å²) in [6, 6.07) is 6.92. The Morgan fingerprint density at radius 2 is 1.90 bits per heavy atom. The molecule has 0 aliphatic rings. The van der Waals surface area contributed by atoms with Crippen molar-refractivity contribution in [2.45, 2.75) is 11.3 Å². The van der Waals surface area contributed by atoms with Crippen LogP contribution in [0.1, 0.15) is 17.7 Å². The molecule has 5 nitrogen and oxygen atoms in total. The average Bonchev–Trinajstić information content (AvgIpc) is 2.75. The predicted octanol–water partition coefficient (Wildman–Crippen LogP) is 2.74. The lowest BCUT2D eigenvalue weighted by molar-refractivity contribution is 0.145. The van der Waals surface area contributed by atoms with Crippen LogP contribution in [-0.2, 0) is 9.84 Å². The molecule has 0 amide bonds. The van der Waals surface area contributed by atoms with E-state index in [1.165, 1.54) is 24.3 Å². The Morgan fingerprint density at radius 3 is 2.29 bits per heavy atom. The predicted molar refractivity (Wildman–Crippen MR) is 71.4 cm³/mol. The number of benzene rings is 1. The van der Waals surface area contributed by atoms with Crippen LogP contribution < -0.4 is 0 Å². The van der Waals surface area contributed by atoms with Gasteiger partial charge in [0.15, 0.2) is 15.0 Å². The van der Waals surface area contributed by atoms with Crippen molar-refractivity contribution in [3.63, 3.8) is 0 Å². The molecule has 0 atom stereocenters. The zero-order valence-electron chi connectivity index (χ0n) is 10.6. The van der Waals surface area contributed by atoms with Crippen LogP contribution in [0, 0.1) is 11.3 Å². The van der Waals surface area contributed by atoms with E-state index >= 15 is 0 Å². The van der Waals surface area contributed by atoms with Crippen molar-refractivity contribution in [3.8, 4) is 11.8 Å². The molecule has 0 bridgehead atoms. The SMILES string of the molecule is CS(=O)(=O)c1ccc(-n2nc(C(F)F)c(C#N)c2Cl)cc1. The maximum Gasteiger partial charge on any atom is 0.283 e. The molecule has 0 fully saturated rings. The molecule has 0 radical (unpaired) electrons. The second-order valence-corrected chi connectivity index (χ2v) is 6.52. The molecule has 9 heteroatoms. The van der Waals surface area contributed by atoms with Gasteiger partial charge in [-0.3, -0.25) is 0 Å². The smallest absolute Gasteiger partial charge is 0.224 e. The molecule has 0 aliphatic carbocycles. The van der Waals surface area contributed by atoms with E-state index in [9.17, 15) is 17.2 Å². The van der Waals surface area contributed by atoms with Crippen LogP contribution in [0.3, 0.4) is 0 Å². The second kappa shape index (κ2) is 5.42. The lowest BCUT2D eigenvalue weighted by Gasteiger charge is -2.04. The van der Waals surface area contributed by atoms with Gasteiger partial charge in [-0.05, 0) is 24.3 Å². The Hall–Kier alpha value is -1.98. The van der Waals surface area contributed by atoms with Crippen molar-refractivity contribution in [1.29, 1.82) is 5.26 Å². The van der Waals surface area contributed by atoms with Gasteiger partial charge in [0.1, 0.15) is 17.3 Å². The number of halogens is 3. The third-order valence-electron chi connectivity index (χ3n) is 2.68. The van der Waals surface area contributed by atoms with Crippen LogP contribution in [0.15, 0.2) is 29.2 Å². The number of rotatable bonds is 3. The van der Waals surface area contributed by atoms with Gasteiger partial charge in [0.25, 0.3) is 6.43 Å². The highest BCUT2D eigenvalue weighted by Gasteiger charge is 2.23. The van der Waals surface area contributed by atoms with Gasteiger partial charge in [-0.15, -0.1) is 0 Å². The highest BCUT2D eigenvalue weighted by atomic mass is 35.5. The van der Waals surface area contributed by atoms with Crippen LogP contribution in [-0.4, -0.2) is 24.5 Å². The van der Waals surface area contributed by atoms with E-state index < -0.39 is 27.5 Å². The molecule has 1 aromatic heterocycles. The Labute approximate surface area is 124 Å². The minimum Gasteiger partial charge on any atom is -0.224 e. The molecule has 0 N–H and O–H groups in total. The number of alkyl halides is 2. The molecule has 0 spiro atoms. The first kappa shape index (κ1) is 15.4. The topological polar surface area (TPSA) is 75.8 Å². The van der Waals surface area contributed by atoms with E-state index in [0.29, 0.717) is 0 Å². The van der Waals surface area contributed by atoms with E-state index in [1.807, 2.05) is 0 Å². The van der Waals surface area contributed by atoms with Crippen LogP contribution in [0.25, 0.3) is 5.69 Å². The van der Waals surface area contributed by atoms with Gasteiger partial charge in [-0.2, -0.15) is 10.4 Å². The van der Waals surface area contributed by atoms with Crippen molar-refractivity contribution in [3.05, 3.63) is 40.7 Å². The second-order valence-electron chi connectivity index (χ2n) is 4.14. The zero-order chi connectivity index (χ0) is 15.8. The lowest BCUT2D eigenvalue weighted by Crippen LogP contribution is -2.00. The minimum absolute atomic E-state index is 0.0733. The average molecular weight is 332 g/mol. The molecule has 2 aromatic rings. The van der Waals surface area contributed by atoms with Crippen molar-refractivity contribution >= 4 is 21.4 Å². The molecule has 0 aliphatic heterocycles.